The summed E-state index contributed by atoms with van der Waals surface area (Å²) in [6, 6.07) is 0. The zero-order valence-electron chi connectivity index (χ0n) is 8.52. The van der Waals surface area contributed by atoms with Gasteiger partial charge in [-0.15, -0.1) is 0 Å². The van der Waals surface area contributed by atoms with Gasteiger partial charge < -0.3 is 0 Å². The van der Waals surface area contributed by atoms with Crippen LogP contribution in [-0.2, 0) is 0 Å². The molecule has 0 unspecified atom stereocenters. The van der Waals surface area contributed by atoms with Gasteiger partial charge in [0.2, 0.25) is 0 Å². The number of hydrogen-bond donors (Lipinski definition) is 0. The van der Waals surface area contributed by atoms with Crippen molar-refractivity contribution in [1.29, 1.82) is 0 Å². The Morgan fingerprint density at radius 1 is 1.07 bits per heavy atom. The molecular weight excluding hydrogens is 176 g/mol. The number of nitrogens with zero attached hydrogens (tertiary/aromatic N) is 4. The molecule has 0 atom stereocenters. The molecule has 2 aromatic heterocycles. The van der Waals surface area contributed by atoms with E-state index in [2.05, 4.69) is 22.0 Å². The molecular formula is C10H12N4. The van der Waals surface area contributed by atoms with Crippen LogP contribution in [0.5, 0.6) is 0 Å². The van der Waals surface area contributed by atoms with Crippen molar-refractivity contribution in [1.82, 2.24) is 19.7 Å². The third-order valence-corrected chi connectivity index (χ3v) is 2.44. The van der Waals surface area contributed by atoms with E-state index >= 15 is 0 Å². The number of aryl methyl sites for hydroxylation is 1. The van der Waals surface area contributed by atoms with E-state index in [1.165, 1.54) is 11.9 Å². The van der Waals surface area contributed by atoms with Crippen LogP contribution in [0.3, 0.4) is 0 Å². The second-order valence-electron chi connectivity index (χ2n) is 3.30. The molecule has 0 saturated carbocycles. The Balaban J connectivity index is 2.58. The van der Waals surface area contributed by atoms with Crippen LogP contribution in [0.15, 0.2) is 18.7 Å². The summed E-state index contributed by atoms with van der Waals surface area (Å²) in [7, 11) is 0. The molecule has 0 bridgehead atoms. The average Bonchev–Trinajstić information content (AvgIpc) is 2.47. The lowest BCUT2D eigenvalue weighted by molar-refractivity contribution is 0.821. The lowest BCUT2D eigenvalue weighted by atomic mass is 10.2. The van der Waals surface area contributed by atoms with Crippen LogP contribution in [0.25, 0.3) is 5.69 Å². The first-order valence-corrected chi connectivity index (χ1v) is 4.48. The van der Waals surface area contributed by atoms with Gasteiger partial charge in [-0.05, 0) is 26.3 Å². The molecule has 4 heteroatoms. The lowest BCUT2D eigenvalue weighted by Crippen LogP contribution is -2.00. The number of rotatable bonds is 1. The monoisotopic (exact) mass is 188 g/mol. The fraction of sp³-hybridized carbons (Fsp3) is 0.300. The molecule has 0 fully saturated rings. The van der Waals surface area contributed by atoms with Crippen LogP contribution in [0.2, 0.25) is 0 Å². The van der Waals surface area contributed by atoms with Crippen LogP contribution in [0, 0.1) is 20.8 Å². The van der Waals surface area contributed by atoms with Gasteiger partial charge in [0.15, 0.2) is 0 Å². The Morgan fingerprint density at radius 2 is 1.71 bits per heavy atom. The van der Waals surface area contributed by atoms with Crippen molar-refractivity contribution >= 4 is 0 Å². The molecule has 2 heterocycles. The van der Waals surface area contributed by atoms with Crippen molar-refractivity contribution in [3.63, 3.8) is 0 Å². The Labute approximate surface area is 82.6 Å². The Bertz CT molecular complexity index is 445. The van der Waals surface area contributed by atoms with Crippen molar-refractivity contribution in [2.24, 2.45) is 0 Å². The second-order valence-corrected chi connectivity index (χ2v) is 3.30. The van der Waals surface area contributed by atoms with Crippen LogP contribution in [0.4, 0.5) is 0 Å². The summed E-state index contributed by atoms with van der Waals surface area (Å²) in [5.74, 6) is 0. The highest BCUT2D eigenvalue weighted by Crippen LogP contribution is 2.14. The van der Waals surface area contributed by atoms with E-state index in [0.717, 1.165) is 17.1 Å². The molecule has 72 valence electrons. The molecule has 4 nitrogen and oxygen atoms in total. The van der Waals surface area contributed by atoms with Gasteiger partial charge in [-0.1, -0.05) is 0 Å². The molecule has 0 aliphatic carbocycles. The molecule has 0 radical (unpaired) electrons. The second kappa shape index (κ2) is 3.21. The highest BCUT2D eigenvalue weighted by molar-refractivity contribution is 5.32. The molecule has 0 N–H and O–H groups in total. The summed E-state index contributed by atoms with van der Waals surface area (Å²) >= 11 is 0. The van der Waals surface area contributed by atoms with Gasteiger partial charge in [0.1, 0.15) is 12.0 Å². The van der Waals surface area contributed by atoms with E-state index in [0.29, 0.717) is 0 Å². The van der Waals surface area contributed by atoms with Gasteiger partial charge >= 0.3 is 0 Å². The molecule has 0 aromatic carbocycles. The van der Waals surface area contributed by atoms with Crippen LogP contribution in [0.1, 0.15) is 17.0 Å². The molecule has 0 saturated heterocycles. The topological polar surface area (TPSA) is 43.6 Å². The predicted molar refractivity (Wildman–Crippen MR) is 53.4 cm³/mol. The third-order valence-electron chi connectivity index (χ3n) is 2.44. The molecule has 0 aliphatic rings. The quantitative estimate of drug-likeness (QED) is 0.682. The van der Waals surface area contributed by atoms with Crippen LogP contribution < -0.4 is 0 Å². The average molecular weight is 188 g/mol. The minimum Gasteiger partial charge on any atom is -0.243 e. The maximum absolute atomic E-state index is 4.42. The zero-order chi connectivity index (χ0) is 10.1. The number of hydrogen-bond acceptors (Lipinski definition) is 3. The third kappa shape index (κ3) is 1.28. The first-order valence-electron chi connectivity index (χ1n) is 4.48. The van der Waals surface area contributed by atoms with Crippen molar-refractivity contribution in [2.45, 2.75) is 20.8 Å². The highest BCUT2D eigenvalue weighted by Gasteiger charge is 2.08. The Hall–Kier alpha value is -1.71. The number of aromatic nitrogens is 4. The van der Waals surface area contributed by atoms with E-state index in [-0.39, 0.29) is 0 Å². The summed E-state index contributed by atoms with van der Waals surface area (Å²) < 4.78 is 1.87. The minimum atomic E-state index is 0.904. The fourth-order valence-corrected chi connectivity index (χ4v) is 1.37. The molecule has 0 spiro atoms. The fourth-order valence-electron chi connectivity index (χ4n) is 1.37. The summed E-state index contributed by atoms with van der Waals surface area (Å²) in [4.78, 5) is 7.94. The smallest absolute Gasteiger partial charge is 0.115 e. The van der Waals surface area contributed by atoms with Gasteiger partial charge in [0, 0.05) is 5.69 Å². The van der Waals surface area contributed by atoms with Crippen LogP contribution in [-0.4, -0.2) is 19.7 Å². The molecule has 0 amide bonds. The standard InChI is InChI=1S/C10H12N4/c1-7-8(2)13-14(9(7)3)10-4-11-6-12-5-10/h4-6H,1-3H3. The maximum Gasteiger partial charge on any atom is 0.115 e. The SMILES string of the molecule is Cc1nn(-c2cncnc2)c(C)c1C. The summed E-state index contributed by atoms with van der Waals surface area (Å²) in [6.07, 6.45) is 5.03. The maximum atomic E-state index is 4.42. The van der Waals surface area contributed by atoms with Gasteiger partial charge in [0.25, 0.3) is 0 Å². The van der Waals surface area contributed by atoms with E-state index in [1.807, 2.05) is 18.5 Å². The van der Waals surface area contributed by atoms with E-state index in [1.54, 1.807) is 12.4 Å². The molecule has 2 rings (SSSR count). The summed E-state index contributed by atoms with van der Waals surface area (Å²) in [6.45, 7) is 6.11. The van der Waals surface area contributed by atoms with Gasteiger partial charge in [0.05, 0.1) is 18.1 Å². The molecule has 2 aromatic rings. The first kappa shape index (κ1) is 8.87. The largest absolute Gasteiger partial charge is 0.243 e. The summed E-state index contributed by atoms with van der Waals surface area (Å²) in [5, 5.41) is 4.42. The lowest BCUT2D eigenvalue weighted by Gasteiger charge is -2.01. The van der Waals surface area contributed by atoms with E-state index in [9.17, 15) is 0 Å². The normalized spacial score (nSPS) is 10.5. The Morgan fingerprint density at radius 3 is 2.21 bits per heavy atom. The van der Waals surface area contributed by atoms with Crippen molar-refractivity contribution in [3.8, 4) is 5.69 Å². The van der Waals surface area contributed by atoms with Crippen molar-refractivity contribution < 1.29 is 0 Å². The summed E-state index contributed by atoms with van der Waals surface area (Å²) in [5.41, 5.74) is 4.30. The highest BCUT2D eigenvalue weighted by atomic mass is 15.3. The first-order chi connectivity index (χ1) is 6.70. The van der Waals surface area contributed by atoms with Gasteiger partial charge in [-0.2, -0.15) is 5.10 Å². The van der Waals surface area contributed by atoms with E-state index < -0.39 is 0 Å². The van der Waals surface area contributed by atoms with E-state index in [4.69, 9.17) is 0 Å². The molecule has 14 heavy (non-hydrogen) atoms. The molecule has 0 aliphatic heterocycles. The minimum absolute atomic E-state index is 0.904. The van der Waals surface area contributed by atoms with Crippen molar-refractivity contribution in [3.05, 3.63) is 35.7 Å². The van der Waals surface area contributed by atoms with Crippen molar-refractivity contribution in [2.75, 3.05) is 0 Å². The van der Waals surface area contributed by atoms with Gasteiger partial charge in [-0.25, -0.2) is 14.6 Å². The Kier molecular flexibility index (Phi) is 2.04. The van der Waals surface area contributed by atoms with Gasteiger partial charge in [-0.3, -0.25) is 0 Å². The zero-order valence-corrected chi connectivity index (χ0v) is 8.52. The predicted octanol–water partition coefficient (Wildman–Crippen LogP) is 1.59. The van der Waals surface area contributed by atoms with Crippen LogP contribution >= 0.6 is 0 Å².